The van der Waals surface area contributed by atoms with Crippen LogP contribution in [0.1, 0.15) is 26.3 Å². The van der Waals surface area contributed by atoms with E-state index in [1.807, 2.05) is 18.2 Å². The zero-order chi connectivity index (χ0) is 18.3. The number of halogens is 2. The van der Waals surface area contributed by atoms with Gasteiger partial charge in [0.05, 0.1) is 17.7 Å². The van der Waals surface area contributed by atoms with E-state index < -0.39 is 0 Å². The lowest BCUT2D eigenvalue weighted by molar-refractivity contribution is 0.0642. The number of rotatable bonds is 3. The van der Waals surface area contributed by atoms with Gasteiger partial charge in [-0.15, -0.1) is 0 Å². The van der Waals surface area contributed by atoms with Gasteiger partial charge in [0.2, 0.25) is 0 Å². The third-order valence-corrected chi connectivity index (χ3v) is 4.79. The maximum atomic E-state index is 12.5. The van der Waals surface area contributed by atoms with Crippen molar-refractivity contribution in [2.45, 2.75) is 6.54 Å². The predicted octanol–water partition coefficient (Wildman–Crippen LogP) is 4.85. The molecule has 1 aromatic heterocycles. The summed E-state index contributed by atoms with van der Waals surface area (Å²) in [5.41, 5.74) is 3.07. The maximum absolute atomic E-state index is 12.5. The molecule has 0 unspecified atom stereocenters. The van der Waals surface area contributed by atoms with E-state index >= 15 is 0 Å². The second-order valence-electron chi connectivity index (χ2n) is 5.93. The summed E-state index contributed by atoms with van der Waals surface area (Å²) in [5.74, 6) is -0.602. The monoisotopic (exact) mass is 382 g/mol. The Morgan fingerprint density at radius 1 is 0.846 bits per heavy atom. The summed E-state index contributed by atoms with van der Waals surface area (Å²) in [6.07, 6.45) is 1.57. The quantitative estimate of drug-likeness (QED) is 0.480. The molecular formula is C20H12Cl2N2O2. The number of imide groups is 1. The number of benzene rings is 2. The standard InChI is InChI=1S/C20H12Cl2N2O2/c21-14-5-3-4-13(9-14)17-8-12(10-23-18(17)22)11-24-19(25)15-6-1-2-7-16(15)20(24)26/h1-10H,11H2. The van der Waals surface area contributed by atoms with Crippen molar-refractivity contribution in [1.82, 2.24) is 9.88 Å². The van der Waals surface area contributed by atoms with Crippen LogP contribution < -0.4 is 0 Å². The minimum atomic E-state index is -0.301. The fraction of sp³-hybridized carbons (Fsp3) is 0.0500. The first-order valence-electron chi connectivity index (χ1n) is 7.90. The van der Waals surface area contributed by atoms with Crippen molar-refractivity contribution in [3.05, 3.63) is 87.7 Å². The van der Waals surface area contributed by atoms with E-state index in [4.69, 9.17) is 23.2 Å². The van der Waals surface area contributed by atoms with Crippen molar-refractivity contribution >= 4 is 35.0 Å². The number of fused-ring (bicyclic) bond motifs is 1. The molecule has 128 valence electrons. The number of carbonyl (C=O) groups excluding carboxylic acids is 2. The van der Waals surface area contributed by atoms with Gasteiger partial charge in [-0.3, -0.25) is 14.5 Å². The van der Waals surface area contributed by atoms with Gasteiger partial charge in [-0.05, 0) is 41.5 Å². The van der Waals surface area contributed by atoms with E-state index in [-0.39, 0.29) is 18.4 Å². The van der Waals surface area contributed by atoms with Gasteiger partial charge in [-0.2, -0.15) is 0 Å². The highest BCUT2D eigenvalue weighted by Gasteiger charge is 2.35. The highest BCUT2D eigenvalue weighted by Crippen LogP contribution is 2.30. The summed E-state index contributed by atoms with van der Waals surface area (Å²) in [6, 6.07) is 15.9. The highest BCUT2D eigenvalue weighted by molar-refractivity contribution is 6.33. The van der Waals surface area contributed by atoms with Crippen LogP contribution in [0.2, 0.25) is 10.2 Å². The molecular weight excluding hydrogens is 371 g/mol. The molecule has 0 fully saturated rings. The lowest BCUT2D eigenvalue weighted by atomic mass is 10.1. The Morgan fingerprint density at radius 2 is 1.54 bits per heavy atom. The summed E-state index contributed by atoms with van der Waals surface area (Å²) in [5, 5.41) is 0.919. The molecule has 0 saturated heterocycles. The summed E-state index contributed by atoms with van der Waals surface area (Å²) >= 11 is 12.3. The molecule has 4 nitrogen and oxygen atoms in total. The van der Waals surface area contributed by atoms with Gasteiger partial charge in [-0.25, -0.2) is 4.98 Å². The Hall–Kier alpha value is -2.69. The number of amides is 2. The van der Waals surface area contributed by atoms with E-state index in [2.05, 4.69) is 4.98 Å². The minimum absolute atomic E-state index is 0.129. The molecule has 3 aromatic rings. The molecule has 2 heterocycles. The van der Waals surface area contributed by atoms with Gasteiger partial charge >= 0.3 is 0 Å². The maximum Gasteiger partial charge on any atom is 0.261 e. The predicted molar refractivity (Wildman–Crippen MR) is 100 cm³/mol. The molecule has 0 saturated carbocycles. The smallest absolute Gasteiger partial charge is 0.261 e. The highest BCUT2D eigenvalue weighted by atomic mass is 35.5. The van der Waals surface area contributed by atoms with Crippen LogP contribution in [0.15, 0.2) is 60.8 Å². The Balaban J connectivity index is 1.67. The van der Waals surface area contributed by atoms with E-state index in [0.29, 0.717) is 32.4 Å². The van der Waals surface area contributed by atoms with Crippen molar-refractivity contribution in [2.75, 3.05) is 0 Å². The molecule has 0 aliphatic carbocycles. The Bertz CT molecular complexity index is 1010. The van der Waals surface area contributed by atoms with Crippen molar-refractivity contribution in [2.24, 2.45) is 0 Å². The Kier molecular flexibility index (Phi) is 4.23. The number of hydrogen-bond donors (Lipinski definition) is 0. The van der Waals surface area contributed by atoms with Crippen molar-refractivity contribution in [3.8, 4) is 11.1 Å². The van der Waals surface area contributed by atoms with Crippen LogP contribution in [0.5, 0.6) is 0 Å². The fourth-order valence-electron chi connectivity index (χ4n) is 3.00. The Morgan fingerprint density at radius 3 is 2.19 bits per heavy atom. The second kappa shape index (κ2) is 6.56. The lowest BCUT2D eigenvalue weighted by Gasteiger charge is -2.15. The largest absolute Gasteiger partial charge is 0.270 e. The first-order valence-corrected chi connectivity index (χ1v) is 8.66. The van der Waals surface area contributed by atoms with Crippen LogP contribution in [-0.4, -0.2) is 21.7 Å². The van der Waals surface area contributed by atoms with E-state index in [9.17, 15) is 9.59 Å². The van der Waals surface area contributed by atoms with Gasteiger partial charge < -0.3 is 0 Å². The molecule has 26 heavy (non-hydrogen) atoms. The van der Waals surface area contributed by atoms with Gasteiger partial charge in [0.15, 0.2) is 0 Å². The molecule has 2 amide bonds. The summed E-state index contributed by atoms with van der Waals surface area (Å²) in [7, 11) is 0. The molecule has 6 heteroatoms. The molecule has 0 bridgehead atoms. The lowest BCUT2D eigenvalue weighted by Crippen LogP contribution is -2.29. The molecule has 1 aliphatic heterocycles. The second-order valence-corrected chi connectivity index (χ2v) is 6.73. The summed E-state index contributed by atoms with van der Waals surface area (Å²) in [6.45, 7) is 0.129. The summed E-state index contributed by atoms with van der Waals surface area (Å²) in [4.78, 5) is 30.5. The average molecular weight is 383 g/mol. The van der Waals surface area contributed by atoms with Gasteiger partial charge in [0.1, 0.15) is 5.15 Å². The molecule has 2 aromatic carbocycles. The molecule has 0 spiro atoms. The first kappa shape index (κ1) is 16.8. The molecule has 0 radical (unpaired) electrons. The van der Waals surface area contributed by atoms with E-state index in [1.54, 1.807) is 42.6 Å². The minimum Gasteiger partial charge on any atom is -0.270 e. The molecule has 0 N–H and O–H groups in total. The topological polar surface area (TPSA) is 50.3 Å². The zero-order valence-electron chi connectivity index (χ0n) is 13.4. The van der Waals surface area contributed by atoms with Gasteiger partial charge in [-0.1, -0.05) is 47.5 Å². The van der Waals surface area contributed by atoms with Crippen LogP contribution in [0, 0.1) is 0 Å². The summed E-state index contributed by atoms with van der Waals surface area (Å²) < 4.78 is 0. The van der Waals surface area contributed by atoms with E-state index in [1.165, 1.54) is 4.90 Å². The zero-order valence-corrected chi connectivity index (χ0v) is 15.0. The van der Waals surface area contributed by atoms with Crippen molar-refractivity contribution < 1.29 is 9.59 Å². The third kappa shape index (κ3) is 2.87. The first-order chi connectivity index (χ1) is 12.5. The van der Waals surface area contributed by atoms with Crippen LogP contribution >= 0.6 is 23.2 Å². The number of carbonyl (C=O) groups is 2. The number of hydrogen-bond acceptors (Lipinski definition) is 3. The van der Waals surface area contributed by atoms with Gasteiger partial charge in [0.25, 0.3) is 11.8 Å². The molecule has 0 atom stereocenters. The number of pyridine rings is 1. The SMILES string of the molecule is O=C1c2ccccc2C(=O)N1Cc1cnc(Cl)c(-c2cccc(Cl)c2)c1. The third-order valence-electron chi connectivity index (χ3n) is 4.25. The molecule has 4 rings (SSSR count). The fourth-order valence-corrected chi connectivity index (χ4v) is 3.40. The number of aromatic nitrogens is 1. The van der Waals surface area contributed by atoms with Crippen LogP contribution in [0.25, 0.3) is 11.1 Å². The normalized spacial score (nSPS) is 13.2. The van der Waals surface area contributed by atoms with Crippen molar-refractivity contribution in [1.29, 1.82) is 0 Å². The average Bonchev–Trinajstić information content (AvgIpc) is 2.88. The van der Waals surface area contributed by atoms with Crippen LogP contribution in [0.3, 0.4) is 0 Å². The van der Waals surface area contributed by atoms with Crippen LogP contribution in [-0.2, 0) is 6.54 Å². The van der Waals surface area contributed by atoms with Gasteiger partial charge in [0, 0.05) is 16.8 Å². The van der Waals surface area contributed by atoms with E-state index in [0.717, 1.165) is 5.56 Å². The molecule has 1 aliphatic rings. The number of nitrogens with zero attached hydrogens (tertiary/aromatic N) is 2. The van der Waals surface area contributed by atoms with Crippen molar-refractivity contribution in [3.63, 3.8) is 0 Å². The Labute approximate surface area is 160 Å². The van der Waals surface area contributed by atoms with Crippen LogP contribution in [0.4, 0.5) is 0 Å².